The van der Waals surface area contributed by atoms with Crippen molar-refractivity contribution in [2.75, 3.05) is 11.9 Å². The molecule has 0 bridgehead atoms. The van der Waals surface area contributed by atoms with Crippen molar-refractivity contribution in [1.82, 2.24) is 9.55 Å². The molecule has 0 saturated heterocycles. The van der Waals surface area contributed by atoms with Gasteiger partial charge in [-0.25, -0.2) is 4.98 Å². The van der Waals surface area contributed by atoms with Crippen molar-refractivity contribution in [2.45, 2.75) is 20.8 Å². The zero-order chi connectivity index (χ0) is 14.3. The third-order valence-electron chi connectivity index (χ3n) is 3.74. The van der Waals surface area contributed by atoms with Crippen LogP contribution in [0.5, 0.6) is 0 Å². The Morgan fingerprint density at radius 2 is 2.10 bits per heavy atom. The Hall–Kier alpha value is -1.81. The standard InChI is InChI=1S/C16H19N3S/c1-5-17-16-18-13(9-20-16)15-11(3)19(4)14-8-10(2)6-7-12(14)15/h6-9H,5H2,1-4H3,(H,17,18). The molecule has 0 aliphatic rings. The molecule has 104 valence electrons. The fourth-order valence-electron chi connectivity index (χ4n) is 2.62. The van der Waals surface area contributed by atoms with E-state index >= 15 is 0 Å². The Balaban J connectivity index is 2.22. The van der Waals surface area contributed by atoms with E-state index in [0.29, 0.717) is 0 Å². The minimum atomic E-state index is 0.903. The number of rotatable bonds is 3. The molecular formula is C16H19N3S. The van der Waals surface area contributed by atoms with Crippen LogP contribution in [0.1, 0.15) is 18.2 Å². The molecular weight excluding hydrogens is 266 g/mol. The maximum atomic E-state index is 4.71. The van der Waals surface area contributed by atoms with Crippen molar-refractivity contribution in [3.05, 3.63) is 34.8 Å². The summed E-state index contributed by atoms with van der Waals surface area (Å²) < 4.78 is 2.25. The predicted molar refractivity (Wildman–Crippen MR) is 87.7 cm³/mol. The number of thiazole rings is 1. The first-order valence-corrected chi connectivity index (χ1v) is 7.75. The minimum absolute atomic E-state index is 0.903. The molecule has 0 saturated carbocycles. The number of aryl methyl sites for hydroxylation is 2. The molecule has 0 spiro atoms. The third-order valence-corrected chi connectivity index (χ3v) is 4.54. The van der Waals surface area contributed by atoms with E-state index in [1.54, 1.807) is 11.3 Å². The molecule has 4 heteroatoms. The number of hydrogen-bond donors (Lipinski definition) is 1. The summed E-state index contributed by atoms with van der Waals surface area (Å²) in [6, 6.07) is 6.62. The predicted octanol–water partition coefficient (Wildman–Crippen LogP) is 4.35. The molecule has 3 aromatic rings. The van der Waals surface area contributed by atoms with E-state index in [9.17, 15) is 0 Å². The van der Waals surface area contributed by atoms with E-state index in [0.717, 1.165) is 17.4 Å². The van der Waals surface area contributed by atoms with Crippen LogP contribution >= 0.6 is 11.3 Å². The van der Waals surface area contributed by atoms with Crippen molar-refractivity contribution >= 4 is 27.4 Å². The van der Waals surface area contributed by atoms with Crippen molar-refractivity contribution in [2.24, 2.45) is 7.05 Å². The molecule has 0 radical (unpaired) electrons. The first kappa shape index (κ1) is 13.2. The molecule has 0 unspecified atom stereocenters. The average molecular weight is 285 g/mol. The van der Waals surface area contributed by atoms with Gasteiger partial charge in [0.2, 0.25) is 0 Å². The SMILES string of the molecule is CCNc1nc(-c2c(C)n(C)c3cc(C)ccc23)cs1. The zero-order valence-electron chi connectivity index (χ0n) is 12.3. The average Bonchev–Trinajstić information content (AvgIpc) is 2.96. The quantitative estimate of drug-likeness (QED) is 0.775. The van der Waals surface area contributed by atoms with E-state index in [1.807, 2.05) is 0 Å². The first-order valence-electron chi connectivity index (χ1n) is 6.87. The second-order valence-electron chi connectivity index (χ2n) is 5.11. The van der Waals surface area contributed by atoms with Crippen molar-refractivity contribution in [1.29, 1.82) is 0 Å². The number of nitrogens with one attached hydrogen (secondary N) is 1. The largest absolute Gasteiger partial charge is 0.362 e. The summed E-state index contributed by atoms with van der Waals surface area (Å²) in [5, 5.41) is 7.69. The van der Waals surface area contributed by atoms with Gasteiger partial charge in [0, 0.05) is 41.1 Å². The van der Waals surface area contributed by atoms with Gasteiger partial charge < -0.3 is 9.88 Å². The highest BCUT2D eigenvalue weighted by atomic mass is 32.1. The van der Waals surface area contributed by atoms with Crippen LogP contribution in [0, 0.1) is 13.8 Å². The number of nitrogens with zero attached hydrogens (tertiary/aromatic N) is 2. The molecule has 0 atom stereocenters. The maximum absolute atomic E-state index is 4.71. The molecule has 0 aliphatic carbocycles. The molecule has 0 aliphatic heterocycles. The highest BCUT2D eigenvalue weighted by Gasteiger charge is 2.16. The lowest BCUT2D eigenvalue weighted by Crippen LogP contribution is -1.95. The van der Waals surface area contributed by atoms with Crippen LogP contribution in [0.4, 0.5) is 5.13 Å². The van der Waals surface area contributed by atoms with Crippen LogP contribution in [0.2, 0.25) is 0 Å². The Morgan fingerprint density at radius 1 is 1.30 bits per heavy atom. The van der Waals surface area contributed by atoms with Crippen molar-refractivity contribution in [3.8, 4) is 11.3 Å². The van der Waals surface area contributed by atoms with Gasteiger partial charge in [0.05, 0.1) is 5.69 Å². The van der Waals surface area contributed by atoms with E-state index in [2.05, 4.69) is 61.3 Å². The molecule has 2 heterocycles. The topological polar surface area (TPSA) is 29.9 Å². The lowest BCUT2D eigenvalue weighted by Gasteiger charge is -1.99. The summed E-state index contributed by atoms with van der Waals surface area (Å²) in [6.45, 7) is 7.29. The summed E-state index contributed by atoms with van der Waals surface area (Å²) in [4.78, 5) is 4.71. The summed E-state index contributed by atoms with van der Waals surface area (Å²) in [5.41, 5.74) is 6.14. The maximum Gasteiger partial charge on any atom is 0.183 e. The van der Waals surface area contributed by atoms with Gasteiger partial charge >= 0.3 is 0 Å². The smallest absolute Gasteiger partial charge is 0.183 e. The van der Waals surface area contributed by atoms with E-state index in [4.69, 9.17) is 4.98 Å². The Labute approximate surface area is 123 Å². The van der Waals surface area contributed by atoms with Gasteiger partial charge in [-0.15, -0.1) is 11.3 Å². The molecule has 20 heavy (non-hydrogen) atoms. The number of aromatic nitrogens is 2. The Kier molecular flexibility index (Phi) is 3.26. The second kappa shape index (κ2) is 4.94. The number of hydrogen-bond acceptors (Lipinski definition) is 3. The molecule has 0 fully saturated rings. The van der Waals surface area contributed by atoms with E-state index in [-0.39, 0.29) is 0 Å². The van der Waals surface area contributed by atoms with Crippen LogP contribution in [0.15, 0.2) is 23.6 Å². The van der Waals surface area contributed by atoms with Crippen molar-refractivity contribution in [3.63, 3.8) is 0 Å². The molecule has 1 N–H and O–H groups in total. The van der Waals surface area contributed by atoms with Crippen LogP contribution in [-0.2, 0) is 7.05 Å². The molecule has 3 nitrogen and oxygen atoms in total. The summed E-state index contributed by atoms with van der Waals surface area (Å²) in [5.74, 6) is 0. The van der Waals surface area contributed by atoms with Gasteiger partial charge in [-0.2, -0.15) is 0 Å². The number of fused-ring (bicyclic) bond motifs is 1. The Bertz CT molecular complexity index is 767. The highest BCUT2D eigenvalue weighted by molar-refractivity contribution is 7.14. The summed E-state index contributed by atoms with van der Waals surface area (Å²) in [7, 11) is 2.12. The number of benzene rings is 1. The van der Waals surface area contributed by atoms with Crippen LogP contribution < -0.4 is 5.32 Å². The van der Waals surface area contributed by atoms with Crippen LogP contribution in [0.25, 0.3) is 22.2 Å². The molecule has 0 amide bonds. The lowest BCUT2D eigenvalue weighted by molar-refractivity contribution is 0.918. The normalized spacial score (nSPS) is 11.2. The van der Waals surface area contributed by atoms with Gasteiger partial charge in [-0.05, 0) is 32.4 Å². The lowest BCUT2D eigenvalue weighted by atomic mass is 10.1. The van der Waals surface area contributed by atoms with Gasteiger partial charge in [0.15, 0.2) is 5.13 Å². The monoisotopic (exact) mass is 285 g/mol. The van der Waals surface area contributed by atoms with E-state index < -0.39 is 0 Å². The third kappa shape index (κ3) is 2.00. The fourth-order valence-corrected chi connectivity index (χ4v) is 3.39. The van der Waals surface area contributed by atoms with Gasteiger partial charge in [-0.3, -0.25) is 0 Å². The molecule has 1 aromatic carbocycles. The fraction of sp³-hybridized carbons (Fsp3) is 0.312. The molecule has 3 rings (SSSR count). The van der Waals surface area contributed by atoms with Crippen molar-refractivity contribution < 1.29 is 0 Å². The first-order chi connectivity index (χ1) is 9.61. The molecule has 2 aromatic heterocycles. The second-order valence-corrected chi connectivity index (χ2v) is 5.97. The highest BCUT2D eigenvalue weighted by Crippen LogP contribution is 2.35. The summed E-state index contributed by atoms with van der Waals surface area (Å²) >= 11 is 1.67. The van der Waals surface area contributed by atoms with Gasteiger partial charge in [0.1, 0.15) is 0 Å². The van der Waals surface area contributed by atoms with E-state index in [1.165, 1.54) is 27.7 Å². The zero-order valence-corrected chi connectivity index (χ0v) is 13.1. The number of anilines is 1. The Morgan fingerprint density at radius 3 is 2.85 bits per heavy atom. The van der Waals surface area contributed by atoms with Crippen LogP contribution in [0.3, 0.4) is 0 Å². The van der Waals surface area contributed by atoms with Gasteiger partial charge in [0.25, 0.3) is 0 Å². The van der Waals surface area contributed by atoms with Gasteiger partial charge in [-0.1, -0.05) is 12.1 Å². The summed E-state index contributed by atoms with van der Waals surface area (Å²) in [6.07, 6.45) is 0. The van der Waals surface area contributed by atoms with Crippen LogP contribution in [-0.4, -0.2) is 16.1 Å². The minimum Gasteiger partial charge on any atom is -0.362 e.